The number of aryl methyl sites for hydroxylation is 1. The largest absolute Gasteiger partial charge is 0.495 e. The second-order valence-electron chi connectivity index (χ2n) is 5.79. The number of nitrogen functional groups attached to an aromatic ring is 1. The summed E-state index contributed by atoms with van der Waals surface area (Å²) >= 11 is 6.60. The third-order valence-electron chi connectivity index (χ3n) is 3.80. The quantitative estimate of drug-likeness (QED) is 0.332. The lowest BCUT2D eigenvalue weighted by Gasteiger charge is -2.07. The molecule has 0 bridgehead atoms. The van der Waals surface area contributed by atoms with Crippen molar-refractivity contribution in [1.82, 2.24) is 9.97 Å². The number of hydrogen-bond acceptors (Lipinski definition) is 6. The van der Waals surface area contributed by atoms with E-state index in [-0.39, 0.29) is 26.2 Å². The van der Waals surface area contributed by atoms with Crippen LogP contribution in [0.4, 0.5) is 5.69 Å². The Morgan fingerprint density at radius 1 is 1.03 bits per heavy atom. The van der Waals surface area contributed by atoms with E-state index in [1.165, 1.54) is 6.92 Å². The molecule has 0 aliphatic carbocycles. The first-order chi connectivity index (χ1) is 13.2. The topological polar surface area (TPSA) is 107 Å². The highest BCUT2D eigenvalue weighted by atomic mass is 79.9. The number of carbonyl (C=O) groups excluding carboxylic acids is 1. The fourth-order valence-corrected chi connectivity index (χ4v) is 3.45. The molecular weight excluding hydrogens is 518 g/mol. The molecule has 0 amide bonds. The number of H-pyrrole nitrogens is 1. The lowest BCUT2D eigenvalue weighted by molar-refractivity contribution is 0.101. The molecule has 0 fully saturated rings. The number of fused-ring (bicyclic) bond motifs is 1. The van der Waals surface area contributed by atoms with Crippen LogP contribution < -0.4 is 20.8 Å². The van der Waals surface area contributed by atoms with Crippen LogP contribution in [0.1, 0.15) is 38.0 Å². The van der Waals surface area contributed by atoms with E-state index in [4.69, 9.17) is 15.2 Å². The second kappa shape index (κ2) is 11.7. The monoisotopic (exact) mass is 543 g/mol. The molecule has 0 aliphatic rings. The van der Waals surface area contributed by atoms with Crippen LogP contribution in [-0.2, 0) is 0 Å². The number of nitrogens with two attached hydrogens (primary N) is 1. The summed E-state index contributed by atoms with van der Waals surface area (Å²) in [7, 11) is 3.12. The molecular formula is C21H27Br2N3O4. The van der Waals surface area contributed by atoms with Crippen molar-refractivity contribution in [3.63, 3.8) is 0 Å². The van der Waals surface area contributed by atoms with Gasteiger partial charge < -0.3 is 20.2 Å². The second-order valence-corrected chi connectivity index (χ2v) is 7.49. The first-order valence-electron chi connectivity index (χ1n) is 8.06. The predicted molar refractivity (Wildman–Crippen MR) is 130 cm³/mol. The van der Waals surface area contributed by atoms with Crippen LogP contribution in [0, 0.1) is 6.92 Å². The van der Waals surface area contributed by atoms with E-state index in [0.29, 0.717) is 39.5 Å². The van der Waals surface area contributed by atoms with Crippen LogP contribution in [0.25, 0.3) is 10.9 Å². The summed E-state index contributed by atoms with van der Waals surface area (Å²) in [6.45, 7) is 3.22. The number of aromatic amines is 1. The molecule has 0 atom stereocenters. The molecule has 0 unspecified atom stereocenters. The number of hydrogen-bond donors (Lipinski definition) is 2. The lowest BCUT2D eigenvalue weighted by Crippen LogP contribution is -2.09. The summed E-state index contributed by atoms with van der Waals surface area (Å²) in [5.74, 6) is 1.83. The fourth-order valence-electron chi connectivity index (χ4n) is 2.44. The summed E-state index contributed by atoms with van der Waals surface area (Å²) < 4.78 is 11.6. The van der Waals surface area contributed by atoms with Gasteiger partial charge in [-0.2, -0.15) is 0 Å². The molecule has 1 heterocycles. The predicted octanol–water partition coefficient (Wildman–Crippen LogP) is 5.52. The SMILES string of the molecule is C.C.COc1cc(N)c(C(C)=O)cc1Br.COc1cc2nc(C)[nH]c(=O)c2cc1Br. The van der Waals surface area contributed by atoms with Crippen molar-refractivity contribution in [1.29, 1.82) is 0 Å². The molecule has 3 rings (SSSR count). The van der Waals surface area contributed by atoms with Gasteiger partial charge in [0.1, 0.15) is 17.3 Å². The summed E-state index contributed by atoms with van der Waals surface area (Å²) in [4.78, 5) is 29.5. The Bertz CT molecular complexity index is 1100. The number of nitrogens with one attached hydrogen (secondary N) is 1. The number of carbonyl (C=O) groups is 1. The van der Waals surface area contributed by atoms with Gasteiger partial charge >= 0.3 is 0 Å². The average molecular weight is 545 g/mol. The fraction of sp³-hybridized carbons (Fsp3) is 0.286. The number of nitrogens with zero attached hydrogens (tertiary/aromatic N) is 1. The number of aromatic nitrogens is 2. The average Bonchev–Trinajstić information content (AvgIpc) is 2.63. The van der Waals surface area contributed by atoms with Gasteiger partial charge in [-0.3, -0.25) is 9.59 Å². The van der Waals surface area contributed by atoms with Gasteiger partial charge in [0, 0.05) is 23.4 Å². The molecule has 7 nitrogen and oxygen atoms in total. The van der Waals surface area contributed by atoms with Crippen molar-refractivity contribution in [2.75, 3.05) is 20.0 Å². The van der Waals surface area contributed by atoms with Gasteiger partial charge in [-0.1, -0.05) is 14.9 Å². The first kappa shape index (κ1) is 27.6. The molecule has 3 aromatic rings. The number of halogens is 2. The maximum atomic E-state index is 11.6. The molecule has 0 spiro atoms. The Hall–Kier alpha value is -2.39. The van der Waals surface area contributed by atoms with Gasteiger partial charge in [0.05, 0.1) is 34.1 Å². The van der Waals surface area contributed by atoms with Gasteiger partial charge in [-0.25, -0.2) is 4.98 Å². The molecule has 30 heavy (non-hydrogen) atoms. The maximum Gasteiger partial charge on any atom is 0.258 e. The number of ether oxygens (including phenoxy) is 2. The smallest absolute Gasteiger partial charge is 0.258 e. The summed E-state index contributed by atoms with van der Waals surface area (Å²) in [6, 6.07) is 6.73. The summed E-state index contributed by atoms with van der Waals surface area (Å²) in [5.41, 5.74) is 7.09. The zero-order valence-electron chi connectivity index (χ0n) is 15.7. The minimum Gasteiger partial charge on any atom is -0.495 e. The van der Waals surface area contributed by atoms with Crippen molar-refractivity contribution >= 4 is 54.2 Å². The van der Waals surface area contributed by atoms with E-state index >= 15 is 0 Å². The van der Waals surface area contributed by atoms with Gasteiger partial charge in [-0.15, -0.1) is 0 Å². The van der Waals surface area contributed by atoms with E-state index in [2.05, 4.69) is 41.8 Å². The molecule has 164 valence electrons. The molecule has 0 radical (unpaired) electrons. The number of Topliss-reactive ketones (excluding diaryl/α,β-unsaturated/α-hetero) is 1. The van der Waals surface area contributed by atoms with Crippen LogP contribution in [-0.4, -0.2) is 30.0 Å². The first-order valence-corrected chi connectivity index (χ1v) is 9.64. The Balaban J connectivity index is 0.000000531. The molecule has 0 saturated carbocycles. The van der Waals surface area contributed by atoms with E-state index < -0.39 is 0 Å². The highest BCUT2D eigenvalue weighted by molar-refractivity contribution is 9.10. The summed E-state index contributed by atoms with van der Waals surface area (Å²) in [5, 5.41) is 0.549. The molecule has 0 saturated heterocycles. The number of rotatable bonds is 3. The number of ketones is 1. The Morgan fingerprint density at radius 3 is 2.10 bits per heavy atom. The van der Waals surface area contributed by atoms with Crippen LogP contribution in [0.5, 0.6) is 11.5 Å². The zero-order chi connectivity index (χ0) is 21.0. The van der Waals surface area contributed by atoms with Crippen LogP contribution in [0.3, 0.4) is 0 Å². The third-order valence-corrected chi connectivity index (χ3v) is 5.04. The normalized spacial score (nSPS) is 9.53. The minimum atomic E-state index is -0.138. The van der Waals surface area contributed by atoms with Gasteiger partial charge in [0.15, 0.2) is 5.78 Å². The molecule has 0 aliphatic heterocycles. The van der Waals surface area contributed by atoms with Crippen LogP contribution >= 0.6 is 31.9 Å². The highest BCUT2D eigenvalue weighted by Gasteiger charge is 2.09. The summed E-state index contributed by atoms with van der Waals surface area (Å²) in [6.07, 6.45) is 0. The van der Waals surface area contributed by atoms with E-state index in [0.717, 1.165) is 8.95 Å². The van der Waals surface area contributed by atoms with Crippen molar-refractivity contribution < 1.29 is 14.3 Å². The number of methoxy groups -OCH3 is 2. The lowest BCUT2D eigenvalue weighted by atomic mass is 10.1. The number of anilines is 1. The van der Waals surface area contributed by atoms with Crippen molar-refractivity contribution in [3.8, 4) is 11.5 Å². The molecule has 2 aromatic carbocycles. The standard InChI is InChI=1S/C10H9BrN2O2.C9H10BrNO2.2CH4/c1-5-12-8-4-9(15-2)7(11)3-6(8)10(14)13-5;1-5(12)6-3-7(10)9(13-2)4-8(6)11;;/h3-4H,1-2H3,(H,12,13,14);3-4H,11H2,1-2H3;2*1H4. The van der Waals surface area contributed by atoms with Gasteiger partial charge in [0.25, 0.3) is 5.56 Å². The van der Waals surface area contributed by atoms with Crippen molar-refractivity contribution in [2.45, 2.75) is 28.7 Å². The number of benzene rings is 2. The van der Waals surface area contributed by atoms with Gasteiger partial charge in [0.2, 0.25) is 0 Å². The third kappa shape index (κ3) is 6.30. The Morgan fingerprint density at radius 2 is 1.57 bits per heavy atom. The molecule has 1 aromatic heterocycles. The van der Waals surface area contributed by atoms with E-state index in [1.54, 1.807) is 45.4 Å². The minimum absolute atomic E-state index is 0. The van der Waals surface area contributed by atoms with E-state index in [1.807, 2.05) is 0 Å². The van der Waals surface area contributed by atoms with Crippen molar-refractivity contribution in [2.24, 2.45) is 0 Å². The molecule has 9 heteroatoms. The van der Waals surface area contributed by atoms with Crippen molar-refractivity contribution in [3.05, 3.63) is 55.0 Å². The van der Waals surface area contributed by atoms with Gasteiger partial charge in [-0.05, 0) is 57.8 Å². The zero-order valence-corrected chi connectivity index (χ0v) is 18.9. The van der Waals surface area contributed by atoms with E-state index in [9.17, 15) is 9.59 Å². The Kier molecular flexibility index (Phi) is 10.8. The Labute approximate surface area is 193 Å². The maximum absolute atomic E-state index is 11.6. The van der Waals surface area contributed by atoms with Crippen LogP contribution in [0.2, 0.25) is 0 Å². The highest BCUT2D eigenvalue weighted by Crippen LogP contribution is 2.30. The van der Waals surface area contributed by atoms with Crippen LogP contribution in [0.15, 0.2) is 38.0 Å². The molecule has 3 N–H and O–H groups in total.